The van der Waals surface area contributed by atoms with Gasteiger partial charge in [-0.3, -0.25) is 9.59 Å². The van der Waals surface area contributed by atoms with Gasteiger partial charge in [0.25, 0.3) is 0 Å². The predicted molar refractivity (Wildman–Crippen MR) is 109 cm³/mol. The summed E-state index contributed by atoms with van der Waals surface area (Å²) in [6.07, 6.45) is 3.90. The zero-order valence-electron chi connectivity index (χ0n) is 16.0. The molecule has 0 unspecified atom stereocenters. The second-order valence-electron chi connectivity index (χ2n) is 7.20. The summed E-state index contributed by atoms with van der Waals surface area (Å²) in [5.74, 6) is 0.333. The van der Waals surface area contributed by atoms with Crippen molar-refractivity contribution in [1.29, 1.82) is 0 Å². The minimum absolute atomic E-state index is 0.0253. The average Bonchev–Trinajstić information content (AvgIpc) is 3.41. The summed E-state index contributed by atoms with van der Waals surface area (Å²) in [5, 5.41) is 2.03. The second-order valence-corrected chi connectivity index (χ2v) is 8.23. The summed E-state index contributed by atoms with van der Waals surface area (Å²) < 4.78 is 0. The number of thiophene rings is 1. The van der Waals surface area contributed by atoms with Gasteiger partial charge in [0, 0.05) is 23.9 Å². The van der Waals surface area contributed by atoms with Gasteiger partial charge in [0.1, 0.15) is 0 Å². The molecule has 0 saturated heterocycles. The van der Waals surface area contributed by atoms with E-state index < -0.39 is 0 Å². The van der Waals surface area contributed by atoms with Crippen molar-refractivity contribution >= 4 is 23.2 Å². The molecule has 1 aromatic heterocycles. The molecule has 0 radical (unpaired) electrons. The lowest BCUT2D eigenvalue weighted by Crippen LogP contribution is -2.43. The first-order valence-electron chi connectivity index (χ1n) is 9.80. The maximum atomic E-state index is 13.1. The first kappa shape index (κ1) is 19.6. The monoisotopic (exact) mass is 384 g/mol. The molecule has 1 fully saturated rings. The Hall–Kier alpha value is -2.14. The molecule has 2 aromatic rings. The minimum Gasteiger partial charge on any atom is -0.333 e. The molecule has 1 saturated carbocycles. The number of amides is 2. The quantitative estimate of drug-likeness (QED) is 0.612. The van der Waals surface area contributed by atoms with Gasteiger partial charge in [-0.05, 0) is 36.3 Å². The highest BCUT2D eigenvalue weighted by Crippen LogP contribution is 2.31. The van der Waals surface area contributed by atoms with Crippen molar-refractivity contribution in [3.05, 3.63) is 58.3 Å². The van der Waals surface area contributed by atoms with Gasteiger partial charge in [-0.25, -0.2) is 0 Å². The summed E-state index contributed by atoms with van der Waals surface area (Å²) in [4.78, 5) is 30.6. The Balaban J connectivity index is 1.70. The normalized spacial score (nSPS) is 13.4. The van der Waals surface area contributed by atoms with Gasteiger partial charge < -0.3 is 9.80 Å². The Bertz CT molecular complexity index is 726. The van der Waals surface area contributed by atoms with Crippen molar-refractivity contribution in [2.24, 2.45) is 5.92 Å². The number of benzene rings is 1. The average molecular weight is 385 g/mol. The van der Waals surface area contributed by atoms with Gasteiger partial charge in [0.05, 0.1) is 13.1 Å². The van der Waals surface area contributed by atoms with E-state index in [1.54, 1.807) is 16.2 Å². The molecule has 144 valence electrons. The van der Waals surface area contributed by atoms with Crippen LogP contribution in [0.3, 0.4) is 0 Å². The van der Waals surface area contributed by atoms with E-state index in [4.69, 9.17) is 0 Å². The number of nitrogens with zero attached hydrogens (tertiary/aromatic N) is 2. The van der Waals surface area contributed by atoms with Crippen LogP contribution in [-0.4, -0.2) is 34.7 Å². The third kappa shape index (κ3) is 5.93. The summed E-state index contributed by atoms with van der Waals surface area (Å²) in [7, 11) is 0. The molecule has 0 atom stereocenters. The predicted octanol–water partition coefficient (Wildman–Crippen LogP) is 4.32. The minimum atomic E-state index is 0.0253. The van der Waals surface area contributed by atoms with E-state index in [1.807, 2.05) is 46.7 Å². The molecule has 0 spiro atoms. The van der Waals surface area contributed by atoms with Crippen molar-refractivity contribution in [2.45, 2.75) is 45.7 Å². The number of hydrogen-bond acceptors (Lipinski definition) is 3. The summed E-state index contributed by atoms with van der Waals surface area (Å²) in [5.41, 5.74) is 1.11. The molecule has 2 amide bonds. The zero-order valence-corrected chi connectivity index (χ0v) is 16.8. The SMILES string of the molecule is CCCCN(CC(=O)N(Cc1ccccc1)Cc1cccs1)C(=O)C1CC1. The summed E-state index contributed by atoms with van der Waals surface area (Å²) >= 11 is 1.66. The number of unbranched alkanes of at least 4 members (excludes halogenated alkanes) is 1. The van der Waals surface area contributed by atoms with Crippen molar-refractivity contribution in [2.75, 3.05) is 13.1 Å². The molecule has 27 heavy (non-hydrogen) atoms. The molecule has 4 nitrogen and oxygen atoms in total. The molecular weight excluding hydrogens is 356 g/mol. The molecule has 0 aliphatic heterocycles. The topological polar surface area (TPSA) is 40.6 Å². The fourth-order valence-corrected chi connectivity index (χ4v) is 3.81. The van der Waals surface area contributed by atoms with Gasteiger partial charge >= 0.3 is 0 Å². The van der Waals surface area contributed by atoms with E-state index in [9.17, 15) is 9.59 Å². The van der Waals surface area contributed by atoms with Gasteiger partial charge in [0.2, 0.25) is 11.8 Å². The third-order valence-electron chi connectivity index (χ3n) is 4.84. The standard InChI is InChI=1S/C22H28N2O2S/c1-2-3-13-23(22(26)19-11-12-19)17-21(25)24(16-20-10-7-14-27-20)15-18-8-5-4-6-9-18/h4-10,14,19H,2-3,11-13,15-17H2,1H3. The molecular formula is C22H28N2O2S. The smallest absolute Gasteiger partial charge is 0.242 e. The molecule has 5 heteroatoms. The van der Waals surface area contributed by atoms with E-state index in [1.165, 1.54) is 0 Å². The van der Waals surface area contributed by atoms with E-state index >= 15 is 0 Å². The lowest BCUT2D eigenvalue weighted by molar-refractivity contribution is -0.142. The second kappa shape index (κ2) is 9.70. The van der Waals surface area contributed by atoms with Gasteiger partial charge in [-0.1, -0.05) is 49.7 Å². The maximum Gasteiger partial charge on any atom is 0.242 e. The molecule has 1 aromatic carbocycles. The molecule has 1 aliphatic rings. The third-order valence-corrected chi connectivity index (χ3v) is 5.70. The molecule has 1 aliphatic carbocycles. The zero-order chi connectivity index (χ0) is 19.1. The lowest BCUT2D eigenvalue weighted by atomic mass is 10.2. The van der Waals surface area contributed by atoms with E-state index in [0.29, 0.717) is 19.6 Å². The molecule has 0 bridgehead atoms. The fraction of sp³-hybridized carbons (Fsp3) is 0.455. The van der Waals surface area contributed by atoms with Crippen LogP contribution >= 0.6 is 11.3 Å². The summed E-state index contributed by atoms with van der Waals surface area (Å²) in [6, 6.07) is 14.1. The van der Waals surface area contributed by atoms with Crippen LogP contribution in [0.25, 0.3) is 0 Å². The Morgan fingerprint density at radius 2 is 1.81 bits per heavy atom. The van der Waals surface area contributed by atoms with E-state index in [2.05, 4.69) is 13.0 Å². The van der Waals surface area contributed by atoms with Crippen LogP contribution in [0.2, 0.25) is 0 Å². The maximum absolute atomic E-state index is 13.1. The van der Waals surface area contributed by atoms with Crippen LogP contribution in [0, 0.1) is 5.92 Å². The Labute approximate surface area is 165 Å². The number of carbonyl (C=O) groups excluding carboxylic acids is 2. The summed E-state index contributed by atoms with van der Waals surface area (Å²) in [6.45, 7) is 4.13. The number of rotatable bonds is 10. The van der Waals surface area contributed by atoms with Crippen LogP contribution in [0.1, 0.15) is 43.0 Å². The van der Waals surface area contributed by atoms with Crippen LogP contribution in [0.4, 0.5) is 0 Å². The molecule has 1 heterocycles. The largest absolute Gasteiger partial charge is 0.333 e. The first-order chi connectivity index (χ1) is 13.2. The molecule has 0 N–H and O–H groups in total. The molecule has 3 rings (SSSR count). The van der Waals surface area contributed by atoms with Gasteiger partial charge in [0.15, 0.2) is 0 Å². The van der Waals surface area contributed by atoms with Crippen LogP contribution < -0.4 is 0 Å². The highest BCUT2D eigenvalue weighted by Gasteiger charge is 2.34. The van der Waals surface area contributed by atoms with Crippen LogP contribution in [-0.2, 0) is 22.7 Å². The van der Waals surface area contributed by atoms with E-state index in [-0.39, 0.29) is 24.3 Å². The highest BCUT2D eigenvalue weighted by atomic mass is 32.1. The lowest BCUT2D eigenvalue weighted by Gasteiger charge is -2.28. The van der Waals surface area contributed by atoms with Crippen molar-refractivity contribution in [1.82, 2.24) is 9.80 Å². The van der Waals surface area contributed by atoms with Gasteiger partial charge in [-0.15, -0.1) is 11.3 Å². The van der Waals surface area contributed by atoms with Crippen LogP contribution in [0.15, 0.2) is 47.8 Å². The Morgan fingerprint density at radius 3 is 2.44 bits per heavy atom. The first-order valence-corrected chi connectivity index (χ1v) is 10.7. The van der Waals surface area contributed by atoms with Crippen molar-refractivity contribution in [3.8, 4) is 0 Å². The Morgan fingerprint density at radius 1 is 1.04 bits per heavy atom. The number of carbonyl (C=O) groups is 2. The number of hydrogen-bond donors (Lipinski definition) is 0. The van der Waals surface area contributed by atoms with Gasteiger partial charge in [-0.2, -0.15) is 0 Å². The fourth-order valence-electron chi connectivity index (χ4n) is 3.09. The van der Waals surface area contributed by atoms with Crippen molar-refractivity contribution in [3.63, 3.8) is 0 Å². The van der Waals surface area contributed by atoms with E-state index in [0.717, 1.165) is 36.1 Å². The highest BCUT2D eigenvalue weighted by molar-refractivity contribution is 7.09. The van der Waals surface area contributed by atoms with Crippen molar-refractivity contribution < 1.29 is 9.59 Å². The Kier molecular flexibility index (Phi) is 7.04. The van der Waals surface area contributed by atoms with Crippen LogP contribution in [0.5, 0.6) is 0 Å².